The SMILES string of the molecule is Cn1ccnc1CCNc1ccn2nccc2n1. The van der Waals surface area contributed by atoms with Gasteiger partial charge in [-0.3, -0.25) is 0 Å². The maximum Gasteiger partial charge on any atom is 0.157 e. The number of fused-ring (bicyclic) bond motifs is 1. The molecule has 6 nitrogen and oxygen atoms in total. The van der Waals surface area contributed by atoms with Crippen molar-refractivity contribution in [1.82, 2.24) is 24.1 Å². The fourth-order valence-electron chi connectivity index (χ4n) is 1.85. The smallest absolute Gasteiger partial charge is 0.157 e. The summed E-state index contributed by atoms with van der Waals surface area (Å²) in [5.41, 5.74) is 0.844. The number of aromatic nitrogens is 5. The van der Waals surface area contributed by atoms with Gasteiger partial charge in [0, 0.05) is 44.7 Å². The summed E-state index contributed by atoms with van der Waals surface area (Å²) in [5, 5.41) is 7.39. The van der Waals surface area contributed by atoms with Crippen molar-refractivity contribution in [3.63, 3.8) is 0 Å². The van der Waals surface area contributed by atoms with Crippen molar-refractivity contribution in [2.24, 2.45) is 7.05 Å². The van der Waals surface area contributed by atoms with E-state index in [-0.39, 0.29) is 0 Å². The highest BCUT2D eigenvalue weighted by Gasteiger charge is 2.00. The third kappa shape index (κ3) is 2.04. The zero-order valence-electron chi connectivity index (χ0n) is 10.1. The molecule has 0 aliphatic heterocycles. The van der Waals surface area contributed by atoms with Crippen molar-refractivity contribution in [3.8, 4) is 0 Å². The molecule has 0 radical (unpaired) electrons. The van der Waals surface area contributed by atoms with Crippen LogP contribution in [0.5, 0.6) is 0 Å². The number of nitrogens with zero attached hydrogens (tertiary/aromatic N) is 5. The summed E-state index contributed by atoms with van der Waals surface area (Å²) in [7, 11) is 2.00. The highest BCUT2D eigenvalue weighted by molar-refractivity contribution is 5.45. The Morgan fingerprint density at radius 3 is 3.00 bits per heavy atom. The van der Waals surface area contributed by atoms with Gasteiger partial charge in [-0.2, -0.15) is 5.10 Å². The molecule has 3 aromatic heterocycles. The number of aryl methyl sites for hydroxylation is 1. The van der Waals surface area contributed by atoms with Gasteiger partial charge in [-0.05, 0) is 6.07 Å². The Labute approximate surface area is 104 Å². The largest absolute Gasteiger partial charge is 0.370 e. The first-order valence-corrected chi connectivity index (χ1v) is 5.83. The molecule has 92 valence electrons. The molecule has 0 aliphatic carbocycles. The van der Waals surface area contributed by atoms with Crippen molar-refractivity contribution in [3.05, 3.63) is 42.7 Å². The Morgan fingerprint density at radius 2 is 2.17 bits per heavy atom. The van der Waals surface area contributed by atoms with Gasteiger partial charge in [0.05, 0.1) is 6.20 Å². The number of rotatable bonds is 4. The molecule has 3 heterocycles. The predicted octanol–water partition coefficient (Wildman–Crippen LogP) is 1.12. The van der Waals surface area contributed by atoms with Crippen LogP contribution < -0.4 is 5.32 Å². The molecule has 0 bridgehead atoms. The normalized spacial score (nSPS) is 10.9. The standard InChI is InChI=1S/C12H14N6/c1-17-9-7-14-11(17)2-5-13-10-4-8-18-12(16-10)3-6-15-18/h3-4,6-9H,2,5H2,1H3,(H,13,16). The van der Waals surface area contributed by atoms with Crippen molar-refractivity contribution < 1.29 is 0 Å². The highest BCUT2D eigenvalue weighted by Crippen LogP contribution is 2.06. The molecule has 6 heteroatoms. The van der Waals surface area contributed by atoms with Crippen LogP contribution in [0, 0.1) is 0 Å². The Morgan fingerprint density at radius 1 is 1.22 bits per heavy atom. The summed E-state index contributed by atoms with van der Waals surface area (Å²) in [4.78, 5) is 8.72. The van der Waals surface area contributed by atoms with E-state index >= 15 is 0 Å². The zero-order valence-corrected chi connectivity index (χ0v) is 10.1. The van der Waals surface area contributed by atoms with E-state index in [2.05, 4.69) is 20.4 Å². The second kappa shape index (κ2) is 4.48. The van der Waals surface area contributed by atoms with E-state index < -0.39 is 0 Å². The van der Waals surface area contributed by atoms with Crippen LogP contribution in [0.1, 0.15) is 5.82 Å². The number of imidazole rings is 1. The third-order valence-corrected chi connectivity index (χ3v) is 2.83. The minimum Gasteiger partial charge on any atom is -0.370 e. The molecule has 3 aromatic rings. The van der Waals surface area contributed by atoms with E-state index in [0.717, 1.165) is 30.3 Å². The van der Waals surface area contributed by atoms with Gasteiger partial charge in [0.25, 0.3) is 0 Å². The molecule has 0 amide bonds. The molecule has 0 aliphatic rings. The van der Waals surface area contributed by atoms with Gasteiger partial charge in [-0.1, -0.05) is 0 Å². The van der Waals surface area contributed by atoms with Crippen molar-refractivity contribution in [2.75, 3.05) is 11.9 Å². The van der Waals surface area contributed by atoms with E-state index in [1.807, 2.05) is 42.3 Å². The Bertz CT molecular complexity index is 653. The lowest BCUT2D eigenvalue weighted by atomic mass is 10.4. The molecule has 0 aromatic carbocycles. The van der Waals surface area contributed by atoms with Gasteiger partial charge < -0.3 is 9.88 Å². The number of hydrogen-bond acceptors (Lipinski definition) is 4. The lowest BCUT2D eigenvalue weighted by Gasteiger charge is -2.05. The van der Waals surface area contributed by atoms with Crippen LogP contribution in [0.2, 0.25) is 0 Å². The molecule has 0 fully saturated rings. The van der Waals surface area contributed by atoms with Crippen molar-refractivity contribution in [1.29, 1.82) is 0 Å². The van der Waals surface area contributed by atoms with Gasteiger partial charge in [-0.25, -0.2) is 14.5 Å². The topological polar surface area (TPSA) is 60.0 Å². The van der Waals surface area contributed by atoms with Crippen LogP contribution in [-0.2, 0) is 13.5 Å². The minimum atomic E-state index is 0.808. The van der Waals surface area contributed by atoms with E-state index in [1.54, 1.807) is 10.7 Å². The van der Waals surface area contributed by atoms with E-state index in [1.165, 1.54) is 0 Å². The summed E-state index contributed by atoms with van der Waals surface area (Å²) < 4.78 is 3.76. The van der Waals surface area contributed by atoms with Gasteiger partial charge >= 0.3 is 0 Å². The second-order valence-electron chi connectivity index (χ2n) is 4.08. The summed E-state index contributed by atoms with van der Waals surface area (Å²) in [6.45, 7) is 0.808. The van der Waals surface area contributed by atoms with Crippen molar-refractivity contribution >= 4 is 11.5 Å². The van der Waals surface area contributed by atoms with Gasteiger partial charge in [-0.15, -0.1) is 0 Å². The quantitative estimate of drug-likeness (QED) is 0.744. The summed E-state index contributed by atoms with van der Waals surface area (Å²) in [5.74, 6) is 1.92. The molecule has 18 heavy (non-hydrogen) atoms. The van der Waals surface area contributed by atoms with Gasteiger partial charge in [0.15, 0.2) is 5.65 Å². The Kier molecular flexibility index (Phi) is 2.68. The molecule has 0 unspecified atom stereocenters. The third-order valence-electron chi connectivity index (χ3n) is 2.83. The lowest BCUT2D eigenvalue weighted by molar-refractivity contribution is 0.788. The zero-order chi connectivity index (χ0) is 12.4. The van der Waals surface area contributed by atoms with Crippen LogP contribution in [0.15, 0.2) is 36.9 Å². The maximum absolute atomic E-state index is 4.44. The first-order chi connectivity index (χ1) is 8.83. The molecular formula is C12H14N6. The lowest BCUT2D eigenvalue weighted by Crippen LogP contribution is -2.09. The monoisotopic (exact) mass is 242 g/mol. The average Bonchev–Trinajstić information content (AvgIpc) is 2.98. The first kappa shape index (κ1) is 10.8. The fraction of sp³-hybridized carbons (Fsp3) is 0.250. The first-order valence-electron chi connectivity index (χ1n) is 5.83. The molecule has 0 saturated carbocycles. The van der Waals surface area contributed by atoms with Crippen molar-refractivity contribution in [2.45, 2.75) is 6.42 Å². The molecule has 0 spiro atoms. The molecule has 3 rings (SSSR count). The van der Waals surface area contributed by atoms with E-state index in [0.29, 0.717) is 0 Å². The molecular weight excluding hydrogens is 228 g/mol. The Balaban J connectivity index is 1.64. The van der Waals surface area contributed by atoms with Gasteiger partial charge in [0.1, 0.15) is 11.6 Å². The average molecular weight is 242 g/mol. The van der Waals surface area contributed by atoms with Crippen LogP contribution in [0.25, 0.3) is 5.65 Å². The van der Waals surface area contributed by atoms with E-state index in [4.69, 9.17) is 0 Å². The minimum absolute atomic E-state index is 0.808. The predicted molar refractivity (Wildman–Crippen MR) is 68.4 cm³/mol. The Hall–Kier alpha value is -2.37. The molecule has 1 N–H and O–H groups in total. The van der Waals surface area contributed by atoms with E-state index in [9.17, 15) is 0 Å². The number of nitrogens with one attached hydrogen (secondary N) is 1. The fourth-order valence-corrected chi connectivity index (χ4v) is 1.85. The summed E-state index contributed by atoms with van der Waals surface area (Å²) in [6, 6.07) is 3.79. The van der Waals surface area contributed by atoms with Crippen LogP contribution in [0.3, 0.4) is 0 Å². The summed E-state index contributed by atoms with van der Waals surface area (Å²) in [6.07, 6.45) is 8.26. The maximum atomic E-state index is 4.44. The molecule has 0 saturated heterocycles. The molecule has 0 atom stereocenters. The summed E-state index contributed by atoms with van der Waals surface area (Å²) >= 11 is 0. The van der Waals surface area contributed by atoms with Gasteiger partial charge in [0.2, 0.25) is 0 Å². The van der Waals surface area contributed by atoms with Crippen LogP contribution in [0.4, 0.5) is 5.82 Å². The second-order valence-corrected chi connectivity index (χ2v) is 4.08. The van der Waals surface area contributed by atoms with Crippen LogP contribution in [-0.4, -0.2) is 30.7 Å². The van der Waals surface area contributed by atoms with Crippen LogP contribution >= 0.6 is 0 Å². The number of anilines is 1. The number of hydrogen-bond donors (Lipinski definition) is 1. The highest BCUT2D eigenvalue weighted by atomic mass is 15.2.